The summed E-state index contributed by atoms with van der Waals surface area (Å²) in [6.07, 6.45) is 64.0. The summed E-state index contributed by atoms with van der Waals surface area (Å²) in [6, 6.07) is -0.857. The maximum atomic E-state index is 13.5. The number of nitrogens with one attached hydrogen (secondary N) is 1. The van der Waals surface area contributed by atoms with Crippen molar-refractivity contribution in [1.29, 1.82) is 0 Å². The minimum atomic E-state index is -4.45. The highest BCUT2D eigenvalue weighted by molar-refractivity contribution is 7.47. The Morgan fingerprint density at radius 3 is 1.33 bits per heavy atom. The average molecular weight is 1030 g/mol. The van der Waals surface area contributed by atoms with E-state index in [1.165, 1.54) is 161 Å². The number of carbonyl (C=O) groups excluding carboxylic acids is 2. The molecule has 0 aromatic carbocycles. The summed E-state index contributed by atoms with van der Waals surface area (Å²) in [7, 11) is 1.49. The number of quaternary nitrogens is 1. The first-order valence-corrected chi connectivity index (χ1v) is 32.0. The molecule has 0 aliphatic carbocycles. The Kier molecular flexibility index (Phi) is 50.9. The van der Waals surface area contributed by atoms with E-state index in [-0.39, 0.29) is 25.1 Å². The van der Waals surface area contributed by atoms with E-state index in [4.69, 9.17) is 13.8 Å². The number of hydrogen-bond acceptors (Lipinski definition) is 6. The van der Waals surface area contributed by atoms with E-state index in [9.17, 15) is 19.0 Å². The van der Waals surface area contributed by atoms with Gasteiger partial charge in [0.15, 0.2) is 0 Å². The molecule has 72 heavy (non-hydrogen) atoms. The lowest BCUT2D eigenvalue weighted by molar-refractivity contribution is -0.870. The van der Waals surface area contributed by atoms with Crippen LogP contribution < -0.4 is 5.32 Å². The van der Waals surface area contributed by atoms with Crippen molar-refractivity contribution in [2.75, 3.05) is 40.9 Å². The third kappa shape index (κ3) is 52.8. The molecule has 422 valence electrons. The number of carbonyl (C=O) groups is 2. The second kappa shape index (κ2) is 52.4. The van der Waals surface area contributed by atoms with Crippen LogP contribution in [0.2, 0.25) is 0 Å². The number of amides is 1. The number of rotatable bonds is 55. The Balaban J connectivity index is 5.18. The fraction of sp³-hybridized carbons (Fsp3) is 0.839. The van der Waals surface area contributed by atoms with Crippen LogP contribution >= 0.6 is 7.82 Å². The van der Waals surface area contributed by atoms with Gasteiger partial charge in [0.1, 0.15) is 19.3 Å². The molecule has 3 atom stereocenters. The Hall–Kier alpha value is -2.03. The van der Waals surface area contributed by atoms with Crippen molar-refractivity contribution in [2.24, 2.45) is 0 Å². The van der Waals surface area contributed by atoms with E-state index >= 15 is 0 Å². The molecule has 1 amide bonds. The molecule has 0 aliphatic rings. The highest BCUT2D eigenvalue weighted by atomic mass is 31.2. The summed E-state index contributed by atoms with van der Waals surface area (Å²) in [5.74, 6) is -0.522. The zero-order valence-corrected chi connectivity index (χ0v) is 49.1. The minimum absolute atomic E-state index is 0.0364. The lowest BCUT2D eigenvalue weighted by Gasteiger charge is -2.27. The molecule has 0 aromatic rings. The fourth-order valence-corrected chi connectivity index (χ4v) is 9.57. The van der Waals surface area contributed by atoms with Crippen molar-refractivity contribution < 1.29 is 37.3 Å². The maximum absolute atomic E-state index is 13.5. The number of unbranched alkanes of at least 4 members (excludes halogenated alkanes) is 33. The predicted octanol–water partition coefficient (Wildman–Crippen LogP) is 18.5. The van der Waals surface area contributed by atoms with Crippen LogP contribution in [0, 0.1) is 0 Å². The number of phosphoric ester groups is 1. The zero-order chi connectivity index (χ0) is 52.9. The lowest BCUT2D eigenvalue weighted by Crippen LogP contribution is -2.47. The van der Waals surface area contributed by atoms with Gasteiger partial charge in [-0.25, -0.2) is 4.57 Å². The van der Waals surface area contributed by atoms with Gasteiger partial charge in [-0.1, -0.05) is 256 Å². The SMILES string of the molecule is CC/C=C/C/C=C/C/C=C/CCCCCCC(=O)NC(COP(=O)(O)OCC[N+](C)(C)C)C(/C=C\CCCCCCCCCCC)OC(=O)CCCCCCCCCCCCCCCCCCCCCCC. The average Bonchev–Trinajstić information content (AvgIpc) is 3.34. The number of ether oxygens (including phenoxy) is 1. The molecule has 10 heteroatoms. The molecule has 0 saturated carbocycles. The molecule has 0 spiro atoms. The van der Waals surface area contributed by atoms with E-state index in [1.807, 2.05) is 33.3 Å². The molecule has 9 nitrogen and oxygen atoms in total. The van der Waals surface area contributed by atoms with Crippen molar-refractivity contribution >= 4 is 19.7 Å². The van der Waals surface area contributed by atoms with E-state index in [2.05, 4.69) is 62.5 Å². The molecule has 0 rings (SSSR count). The second-order valence-corrected chi connectivity index (χ2v) is 23.3. The fourth-order valence-electron chi connectivity index (χ4n) is 8.84. The van der Waals surface area contributed by atoms with Gasteiger partial charge in [-0.15, -0.1) is 0 Å². The molecule has 0 aliphatic heterocycles. The van der Waals surface area contributed by atoms with Crippen molar-refractivity contribution in [3.63, 3.8) is 0 Å². The standard InChI is InChI=1S/C62H117N2O7P/c1-7-10-13-16-19-22-25-27-29-30-31-32-33-34-35-37-40-43-46-49-52-55-62(66)71-60(53-50-47-44-41-38-24-21-18-15-12-9-3)59(58-70-72(67,68)69-57-56-64(4,5)6)63-61(65)54-51-48-45-42-39-36-28-26-23-20-17-14-11-8-2/h11,14,20,23,28,36,50,53,59-60H,7-10,12-13,15-19,21-22,24-27,29-35,37-49,51-52,54-58H2,1-6H3,(H-,63,65,67,68)/p+1/b14-11+,23-20+,36-28+,53-50-. The van der Waals surface area contributed by atoms with Crippen LogP contribution in [-0.2, 0) is 27.9 Å². The van der Waals surface area contributed by atoms with E-state index < -0.39 is 20.0 Å². The van der Waals surface area contributed by atoms with Gasteiger partial charge < -0.3 is 19.4 Å². The number of hydrogen-bond donors (Lipinski definition) is 2. The number of nitrogens with zero attached hydrogens (tertiary/aromatic N) is 1. The number of likely N-dealkylation sites (N-methyl/N-ethyl adjacent to an activating group) is 1. The van der Waals surface area contributed by atoms with E-state index in [1.54, 1.807) is 0 Å². The molecule has 0 saturated heterocycles. The summed E-state index contributed by atoms with van der Waals surface area (Å²) in [5, 5.41) is 3.04. The van der Waals surface area contributed by atoms with Gasteiger partial charge in [0.25, 0.3) is 0 Å². The summed E-state index contributed by atoms with van der Waals surface area (Å²) < 4.78 is 30.6. The Morgan fingerprint density at radius 1 is 0.500 bits per heavy atom. The first-order chi connectivity index (χ1) is 34.9. The summed E-state index contributed by atoms with van der Waals surface area (Å²) in [6.45, 7) is 6.90. The van der Waals surface area contributed by atoms with Gasteiger partial charge in [0.05, 0.1) is 33.8 Å². The zero-order valence-electron chi connectivity index (χ0n) is 48.2. The van der Waals surface area contributed by atoms with Crippen molar-refractivity contribution in [3.05, 3.63) is 48.6 Å². The van der Waals surface area contributed by atoms with Crippen molar-refractivity contribution in [2.45, 2.75) is 296 Å². The molecule has 0 bridgehead atoms. The summed E-state index contributed by atoms with van der Waals surface area (Å²) >= 11 is 0. The van der Waals surface area contributed by atoms with Crippen LogP contribution in [0.1, 0.15) is 284 Å². The molecule has 2 N–H and O–H groups in total. The molecule has 0 heterocycles. The first-order valence-electron chi connectivity index (χ1n) is 30.5. The van der Waals surface area contributed by atoms with Gasteiger partial charge in [-0.2, -0.15) is 0 Å². The number of allylic oxidation sites excluding steroid dienone is 7. The smallest absolute Gasteiger partial charge is 0.456 e. The van der Waals surface area contributed by atoms with Crippen molar-refractivity contribution in [1.82, 2.24) is 5.32 Å². The minimum Gasteiger partial charge on any atom is -0.456 e. The quantitative estimate of drug-likeness (QED) is 0.0205. The topological polar surface area (TPSA) is 111 Å². The monoisotopic (exact) mass is 1030 g/mol. The highest BCUT2D eigenvalue weighted by Crippen LogP contribution is 2.43. The summed E-state index contributed by atoms with van der Waals surface area (Å²) in [5.41, 5.74) is 0. The van der Waals surface area contributed by atoms with Gasteiger partial charge in [0, 0.05) is 12.8 Å². The first kappa shape index (κ1) is 70.0. The van der Waals surface area contributed by atoms with Crippen LogP contribution in [0.4, 0.5) is 0 Å². The van der Waals surface area contributed by atoms with Crippen LogP contribution in [0.25, 0.3) is 0 Å². The second-order valence-electron chi connectivity index (χ2n) is 21.9. The maximum Gasteiger partial charge on any atom is 0.472 e. The largest absolute Gasteiger partial charge is 0.472 e. The number of esters is 1. The normalized spacial score (nSPS) is 14.0. The Bertz CT molecular complexity index is 1380. The molecule has 3 unspecified atom stereocenters. The number of phosphoric acid groups is 1. The van der Waals surface area contributed by atoms with Crippen LogP contribution in [0.5, 0.6) is 0 Å². The van der Waals surface area contributed by atoms with Gasteiger partial charge in [-0.3, -0.25) is 18.6 Å². The van der Waals surface area contributed by atoms with E-state index in [0.717, 1.165) is 89.9 Å². The van der Waals surface area contributed by atoms with Gasteiger partial charge in [-0.05, 0) is 63.9 Å². The van der Waals surface area contributed by atoms with Crippen LogP contribution in [0.15, 0.2) is 48.6 Å². The third-order valence-corrected chi connectivity index (χ3v) is 14.5. The molecule has 0 fully saturated rings. The van der Waals surface area contributed by atoms with E-state index in [0.29, 0.717) is 23.9 Å². The third-order valence-electron chi connectivity index (χ3n) is 13.5. The van der Waals surface area contributed by atoms with Crippen LogP contribution in [0.3, 0.4) is 0 Å². The molecular weight excluding hydrogens is 916 g/mol. The molecular formula is C62H118N2O7P+. The van der Waals surface area contributed by atoms with Gasteiger partial charge >= 0.3 is 13.8 Å². The molecule has 0 radical (unpaired) electrons. The van der Waals surface area contributed by atoms with Gasteiger partial charge in [0.2, 0.25) is 5.91 Å². The summed E-state index contributed by atoms with van der Waals surface area (Å²) in [4.78, 5) is 37.6. The highest BCUT2D eigenvalue weighted by Gasteiger charge is 2.30. The van der Waals surface area contributed by atoms with Crippen molar-refractivity contribution in [3.8, 4) is 0 Å². The predicted molar refractivity (Wildman–Crippen MR) is 309 cm³/mol. The van der Waals surface area contributed by atoms with Crippen LogP contribution in [-0.4, -0.2) is 74.3 Å². The molecule has 0 aromatic heterocycles. The lowest BCUT2D eigenvalue weighted by atomic mass is 10.0. The Morgan fingerprint density at radius 2 is 0.889 bits per heavy atom. The Labute approximate surface area is 446 Å².